The molecule has 0 N–H and O–H groups in total. The summed E-state index contributed by atoms with van der Waals surface area (Å²) in [5.74, 6) is -1.65. The first kappa shape index (κ1) is 19.7. The summed E-state index contributed by atoms with van der Waals surface area (Å²) in [6.07, 6.45) is -1.00. The highest BCUT2D eigenvalue weighted by Gasteiger charge is 2.49. The number of epoxide rings is 1. The van der Waals surface area contributed by atoms with Crippen molar-refractivity contribution in [3.05, 3.63) is 24.3 Å². The number of anilines is 1. The monoisotopic (exact) mass is 365 g/mol. The van der Waals surface area contributed by atoms with Crippen molar-refractivity contribution in [3.63, 3.8) is 0 Å². The Morgan fingerprint density at radius 3 is 1.96 bits per heavy atom. The topological polar surface area (TPSA) is 94.7 Å². The molecule has 1 aromatic carbocycles. The van der Waals surface area contributed by atoms with Gasteiger partial charge in [0.25, 0.3) is 5.91 Å². The Balaban J connectivity index is 2.44. The summed E-state index contributed by atoms with van der Waals surface area (Å²) < 4.78 is 20.3. The Morgan fingerprint density at radius 2 is 1.58 bits per heavy atom. The molecule has 2 rings (SSSR count). The molecule has 1 fully saturated rings. The molecule has 1 heterocycles. The molecule has 1 aliphatic rings. The zero-order valence-electron chi connectivity index (χ0n) is 15.3. The molecule has 8 nitrogen and oxygen atoms in total. The first-order valence-corrected chi connectivity index (χ1v) is 8.40. The summed E-state index contributed by atoms with van der Waals surface area (Å²) in [5, 5.41) is 0. The van der Waals surface area contributed by atoms with Crippen LogP contribution in [0.2, 0.25) is 0 Å². The number of esters is 2. The van der Waals surface area contributed by atoms with Gasteiger partial charge >= 0.3 is 11.9 Å². The number of methoxy groups -OCH3 is 1. The number of ether oxygens (including phenoxy) is 4. The van der Waals surface area contributed by atoms with E-state index < -0.39 is 30.0 Å². The highest BCUT2D eigenvalue weighted by atomic mass is 16.6. The van der Waals surface area contributed by atoms with E-state index in [0.29, 0.717) is 11.4 Å². The van der Waals surface area contributed by atoms with Crippen molar-refractivity contribution in [2.75, 3.05) is 25.2 Å². The van der Waals surface area contributed by atoms with Crippen LogP contribution in [0.25, 0.3) is 0 Å². The van der Waals surface area contributed by atoms with E-state index >= 15 is 0 Å². The van der Waals surface area contributed by atoms with Gasteiger partial charge in [0.05, 0.1) is 26.4 Å². The van der Waals surface area contributed by atoms with Crippen molar-refractivity contribution >= 4 is 23.5 Å². The second-order valence-electron chi connectivity index (χ2n) is 5.57. The van der Waals surface area contributed by atoms with E-state index in [4.69, 9.17) is 18.9 Å². The SMILES string of the molecule is CCOC(=O)C(C(=O)OCC)N(C(=O)[C@@H]1O[C@@H]1C)c1ccc(OC)cc1. The first-order valence-electron chi connectivity index (χ1n) is 8.40. The lowest BCUT2D eigenvalue weighted by atomic mass is 10.1. The molecule has 0 radical (unpaired) electrons. The van der Waals surface area contributed by atoms with Crippen molar-refractivity contribution in [2.45, 2.75) is 39.0 Å². The van der Waals surface area contributed by atoms with Gasteiger partial charge in [-0.25, -0.2) is 9.59 Å². The average molecular weight is 365 g/mol. The van der Waals surface area contributed by atoms with E-state index in [-0.39, 0.29) is 19.3 Å². The van der Waals surface area contributed by atoms with E-state index in [2.05, 4.69) is 0 Å². The summed E-state index contributed by atoms with van der Waals surface area (Å²) in [6.45, 7) is 5.10. The molecule has 0 spiro atoms. The average Bonchev–Trinajstić information content (AvgIpc) is 3.36. The molecule has 0 aliphatic carbocycles. The van der Waals surface area contributed by atoms with Crippen LogP contribution >= 0.6 is 0 Å². The zero-order valence-corrected chi connectivity index (χ0v) is 15.3. The van der Waals surface area contributed by atoms with Gasteiger partial charge in [0.15, 0.2) is 6.10 Å². The molecule has 1 aromatic rings. The third-order valence-corrected chi connectivity index (χ3v) is 3.82. The highest BCUT2D eigenvalue weighted by molar-refractivity contribution is 6.12. The van der Waals surface area contributed by atoms with Crippen molar-refractivity contribution in [2.24, 2.45) is 0 Å². The van der Waals surface area contributed by atoms with E-state index in [1.807, 2.05) is 0 Å². The number of amides is 1. The number of carbonyl (C=O) groups excluding carboxylic acids is 3. The molecule has 1 saturated heterocycles. The Hall–Kier alpha value is -2.61. The normalized spacial score (nSPS) is 18.2. The Labute approximate surface area is 152 Å². The van der Waals surface area contributed by atoms with Crippen molar-refractivity contribution in [3.8, 4) is 5.75 Å². The van der Waals surface area contributed by atoms with Gasteiger partial charge < -0.3 is 18.9 Å². The van der Waals surface area contributed by atoms with Gasteiger partial charge in [-0.3, -0.25) is 9.69 Å². The molecular formula is C18H23NO7. The maximum atomic E-state index is 12.9. The Kier molecular flexibility index (Phi) is 6.57. The summed E-state index contributed by atoms with van der Waals surface area (Å²) in [5.41, 5.74) is 0.338. The molecule has 1 amide bonds. The quantitative estimate of drug-likeness (QED) is 0.389. The maximum absolute atomic E-state index is 12.9. The van der Waals surface area contributed by atoms with Crippen molar-refractivity contribution < 1.29 is 33.3 Å². The minimum atomic E-state index is -1.55. The largest absolute Gasteiger partial charge is 0.497 e. The highest BCUT2D eigenvalue weighted by Crippen LogP contribution is 2.29. The molecule has 26 heavy (non-hydrogen) atoms. The fraction of sp³-hybridized carbons (Fsp3) is 0.500. The predicted molar refractivity (Wildman–Crippen MR) is 91.9 cm³/mol. The third kappa shape index (κ3) is 4.32. The molecule has 8 heteroatoms. The molecule has 142 valence electrons. The number of hydrogen-bond acceptors (Lipinski definition) is 7. The van der Waals surface area contributed by atoms with Gasteiger partial charge in [0.2, 0.25) is 6.04 Å². The van der Waals surface area contributed by atoms with Crippen LogP contribution in [0.5, 0.6) is 5.75 Å². The third-order valence-electron chi connectivity index (χ3n) is 3.82. The van der Waals surface area contributed by atoms with Gasteiger partial charge in [0.1, 0.15) is 5.75 Å². The number of benzene rings is 1. The van der Waals surface area contributed by atoms with Crippen LogP contribution in [-0.4, -0.2) is 56.4 Å². The number of hydrogen-bond donors (Lipinski definition) is 0. The van der Waals surface area contributed by atoms with Gasteiger partial charge in [0, 0.05) is 5.69 Å². The minimum Gasteiger partial charge on any atom is -0.497 e. The lowest BCUT2D eigenvalue weighted by Crippen LogP contribution is -2.53. The van der Waals surface area contributed by atoms with Crippen LogP contribution in [0, 0.1) is 0 Å². The molecule has 0 bridgehead atoms. The van der Waals surface area contributed by atoms with E-state index in [0.717, 1.165) is 4.90 Å². The van der Waals surface area contributed by atoms with Gasteiger partial charge in [-0.05, 0) is 45.0 Å². The minimum absolute atomic E-state index is 0.0652. The van der Waals surface area contributed by atoms with Crippen molar-refractivity contribution in [1.82, 2.24) is 0 Å². The Morgan fingerprint density at radius 1 is 1.08 bits per heavy atom. The molecule has 0 aromatic heterocycles. The summed E-state index contributed by atoms with van der Waals surface area (Å²) in [7, 11) is 1.51. The lowest BCUT2D eigenvalue weighted by Gasteiger charge is -2.28. The van der Waals surface area contributed by atoms with Crippen LogP contribution in [-0.2, 0) is 28.6 Å². The molecule has 1 aliphatic heterocycles. The van der Waals surface area contributed by atoms with Crippen LogP contribution in [0.15, 0.2) is 24.3 Å². The number of rotatable bonds is 8. The second-order valence-corrected chi connectivity index (χ2v) is 5.57. The maximum Gasteiger partial charge on any atom is 0.341 e. The fourth-order valence-corrected chi connectivity index (χ4v) is 2.48. The molecular weight excluding hydrogens is 342 g/mol. The molecule has 2 atom stereocenters. The van der Waals surface area contributed by atoms with Crippen LogP contribution in [0.3, 0.4) is 0 Å². The van der Waals surface area contributed by atoms with E-state index in [1.165, 1.54) is 7.11 Å². The second kappa shape index (κ2) is 8.66. The van der Waals surface area contributed by atoms with E-state index in [1.54, 1.807) is 45.0 Å². The summed E-state index contributed by atoms with van der Waals surface area (Å²) in [4.78, 5) is 38.8. The Bertz CT molecular complexity index is 640. The van der Waals surface area contributed by atoms with Crippen LogP contribution in [0.4, 0.5) is 5.69 Å². The van der Waals surface area contributed by atoms with Crippen molar-refractivity contribution in [1.29, 1.82) is 0 Å². The summed E-state index contributed by atoms with van der Waals surface area (Å²) >= 11 is 0. The van der Waals surface area contributed by atoms with Crippen LogP contribution in [0.1, 0.15) is 20.8 Å². The first-order chi connectivity index (χ1) is 12.4. The molecule has 0 saturated carbocycles. The summed E-state index contributed by atoms with van der Waals surface area (Å²) in [6, 6.07) is 4.86. The van der Waals surface area contributed by atoms with Crippen LogP contribution < -0.4 is 9.64 Å². The molecule has 0 unspecified atom stereocenters. The number of carbonyl (C=O) groups is 3. The predicted octanol–water partition coefficient (Wildman–Crippen LogP) is 1.31. The smallest absolute Gasteiger partial charge is 0.341 e. The van der Waals surface area contributed by atoms with E-state index in [9.17, 15) is 14.4 Å². The lowest BCUT2D eigenvalue weighted by molar-refractivity contribution is -0.157. The standard InChI is InChI=1S/C18H23NO7/c1-5-24-17(21)14(18(22)25-6-2)19(16(20)15-11(3)26-15)12-7-9-13(23-4)10-8-12/h7-11,14-15H,5-6H2,1-4H3/t11-,15-/m1/s1. The van der Waals surface area contributed by atoms with Gasteiger partial charge in [-0.1, -0.05) is 0 Å². The fourth-order valence-electron chi connectivity index (χ4n) is 2.48. The zero-order chi connectivity index (χ0) is 19.3. The van der Waals surface area contributed by atoms with Gasteiger partial charge in [-0.2, -0.15) is 0 Å². The van der Waals surface area contributed by atoms with Gasteiger partial charge in [-0.15, -0.1) is 0 Å². The number of nitrogens with zero attached hydrogens (tertiary/aromatic N) is 1.